The standard InChI is InChI=1S/C89H140O17P2/c1-5-9-13-17-21-25-29-33-37-40-41-44-47-50-54-58-62-66-70-74-87(92)100-80-85(106-89(94)76-72-68-64-60-56-52-48-43-39-35-31-27-23-19-15-11-7-3)82-104-108(97,98)102-78-83(90)77-101-107(95,96)103-81-84(105-88(93)75-71-67-63-59-55-51-45-36-32-28-24-20-16-12-8-4)79-99-86(91)73-69-65-61-57-53-49-46-42-38-34-30-26-22-18-14-10-6-2/h10-12,14-16,21-28,33-39,41,44-46,48-49,52,55,59-60,64,67,71,83-85,90H,5-9,13,17-20,29-32,40,42-43,47,50-51,53-54,56-58,61-63,65-66,68-70,72-82H2,1-4H3,(H,95,96)(H,97,98)/b14-10-,15-11-,16-12-,25-21-,26-22-,27-23-,28-24-,37-33-,38-34-,39-35-,44-41-,45-36-,49-46-,52-48-,59-55-,64-60-,71-67-. The quantitative estimate of drug-likeness (QED) is 0.0169. The number of carbonyl (C=O) groups is 4. The summed E-state index contributed by atoms with van der Waals surface area (Å²) >= 11 is 0. The molecule has 0 heterocycles. The molecule has 108 heavy (non-hydrogen) atoms. The molecule has 0 aromatic rings. The van der Waals surface area contributed by atoms with Crippen LogP contribution < -0.4 is 0 Å². The number of phosphoric ester groups is 2. The molecule has 0 saturated heterocycles. The van der Waals surface area contributed by atoms with Crippen LogP contribution in [0.4, 0.5) is 0 Å². The second-order valence-corrected chi connectivity index (χ2v) is 28.8. The second kappa shape index (κ2) is 78.8. The van der Waals surface area contributed by atoms with Gasteiger partial charge in [-0.05, 0) is 167 Å². The van der Waals surface area contributed by atoms with Gasteiger partial charge >= 0.3 is 39.5 Å². The summed E-state index contributed by atoms with van der Waals surface area (Å²) < 4.78 is 68.4. The van der Waals surface area contributed by atoms with Crippen LogP contribution in [0.1, 0.15) is 272 Å². The first-order valence-corrected chi connectivity index (χ1v) is 43.3. The van der Waals surface area contributed by atoms with Crippen molar-refractivity contribution < 1.29 is 80.2 Å². The van der Waals surface area contributed by atoms with Crippen LogP contribution in [-0.2, 0) is 65.4 Å². The fraction of sp³-hybridized carbons (Fsp3) is 0.573. The van der Waals surface area contributed by atoms with Gasteiger partial charge in [-0.2, -0.15) is 0 Å². The molecule has 0 spiro atoms. The number of esters is 4. The fourth-order valence-electron chi connectivity index (χ4n) is 9.74. The molecular weight excluding hydrogens is 1400 g/mol. The molecule has 0 amide bonds. The van der Waals surface area contributed by atoms with Gasteiger partial charge in [-0.25, -0.2) is 9.13 Å². The topological polar surface area (TPSA) is 237 Å². The fourth-order valence-corrected chi connectivity index (χ4v) is 11.3. The van der Waals surface area contributed by atoms with Gasteiger partial charge in [0.1, 0.15) is 19.3 Å². The molecule has 0 saturated carbocycles. The number of carbonyl (C=O) groups excluding carboxylic acids is 4. The third-order valence-electron chi connectivity index (χ3n) is 15.8. The molecule has 0 aliphatic carbocycles. The molecule has 0 aromatic carbocycles. The van der Waals surface area contributed by atoms with Gasteiger partial charge in [-0.15, -0.1) is 0 Å². The molecular formula is C89H140O17P2. The van der Waals surface area contributed by atoms with Crippen molar-refractivity contribution in [1.82, 2.24) is 0 Å². The zero-order valence-electron chi connectivity index (χ0n) is 66.4. The van der Waals surface area contributed by atoms with Crippen LogP contribution in [0, 0.1) is 0 Å². The highest BCUT2D eigenvalue weighted by Crippen LogP contribution is 2.45. The van der Waals surface area contributed by atoms with E-state index in [1.54, 1.807) is 12.2 Å². The molecule has 0 aliphatic heterocycles. The van der Waals surface area contributed by atoms with Gasteiger partial charge in [0.2, 0.25) is 0 Å². The minimum atomic E-state index is -5.03. The Kier molecular flexibility index (Phi) is 74.1. The van der Waals surface area contributed by atoms with Crippen molar-refractivity contribution >= 4 is 39.5 Å². The Morgan fingerprint density at radius 1 is 0.278 bits per heavy atom. The van der Waals surface area contributed by atoms with Crippen molar-refractivity contribution in [2.45, 2.75) is 290 Å². The number of unbranched alkanes of at least 4 members (excludes halogenated alkanes) is 14. The number of aliphatic hydroxyl groups excluding tert-OH is 1. The van der Waals surface area contributed by atoms with Crippen LogP contribution in [0.5, 0.6) is 0 Å². The summed E-state index contributed by atoms with van der Waals surface area (Å²) in [5, 5.41) is 10.6. The lowest BCUT2D eigenvalue weighted by Crippen LogP contribution is -2.30. The third-order valence-corrected chi connectivity index (χ3v) is 17.7. The minimum Gasteiger partial charge on any atom is -0.462 e. The first kappa shape index (κ1) is 102. The van der Waals surface area contributed by atoms with Gasteiger partial charge in [0, 0.05) is 19.3 Å². The predicted octanol–water partition coefficient (Wildman–Crippen LogP) is 23.9. The lowest BCUT2D eigenvalue weighted by molar-refractivity contribution is -0.161. The maximum absolute atomic E-state index is 13.1. The highest BCUT2D eigenvalue weighted by Gasteiger charge is 2.30. The maximum Gasteiger partial charge on any atom is 0.472 e. The number of allylic oxidation sites excluding steroid dienone is 33. The number of phosphoric acid groups is 2. The smallest absolute Gasteiger partial charge is 0.462 e. The molecule has 0 radical (unpaired) electrons. The van der Waals surface area contributed by atoms with Crippen molar-refractivity contribution in [3.63, 3.8) is 0 Å². The van der Waals surface area contributed by atoms with E-state index in [2.05, 4.69) is 198 Å². The Hall–Kier alpha value is -6.36. The van der Waals surface area contributed by atoms with E-state index < -0.39 is 97.5 Å². The molecule has 0 fully saturated rings. The summed E-state index contributed by atoms with van der Waals surface area (Å²) in [4.78, 5) is 73.0. The third kappa shape index (κ3) is 77.8. The normalized spacial score (nSPS) is 14.9. The SMILES string of the molecule is CC/C=C\C/C=C\C/C=C\C/C=C\C/C=C\CCCC(=O)OC(COC(=O)CCCCCCCC/C=C\C/C=C\C/C=C\CCCCC)COP(=O)(O)OCC(O)COP(=O)(O)OCC(COC(=O)CCCCCC/C=C\C/C=C\C/C=C\C/C=C\CC)OC(=O)C/C=C\C/C=C\C/C=C\C/C=C\C/C=C\CC. The number of hydrogen-bond acceptors (Lipinski definition) is 15. The predicted molar refractivity (Wildman–Crippen MR) is 445 cm³/mol. The molecule has 3 N–H and O–H groups in total. The highest BCUT2D eigenvalue weighted by atomic mass is 31.2. The molecule has 0 aliphatic rings. The van der Waals surface area contributed by atoms with Gasteiger partial charge in [-0.3, -0.25) is 37.3 Å². The van der Waals surface area contributed by atoms with Gasteiger partial charge in [-0.1, -0.05) is 286 Å². The Morgan fingerprint density at radius 2 is 0.528 bits per heavy atom. The Morgan fingerprint density at radius 3 is 0.852 bits per heavy atom. The van der Waals surface area contributed by atoms with Gasteiger partial charge < -0.3 is 33.8 Å². The average molecular weight is 1540 g/mol. The summed E-state index contributed by atoms with van der Waals surface area (Å²) in [6, 6.07) is 0. The van der Waals surface area contributed by atoms with E-state index in [9.17, 15) is 43.2 Å². The highest BCUT2D eigenvalue weighted by molar-refractivity contribution is 7.47. The van der Waals surface area contributed by atoms with Gasteiger partial charge in [0.15, 0.2) is 12.2 Å². The maximum atomic E-state index is 13.1. The van der Waals surface area contributed by atoms with E-state index >= 15 is 0 Å². The lowest BCUT2D eigenvalue weighted by Gasteiger charge is -2.21. The first-order chi connectivity index (χ1) is 52.7. The Bertz CT molecular complexity index is 2860. The van der Waals surface area contributed by atoms with Crippen molar-refractivity contribution in [2.75, 3.05) is 39.6 Å². The molecule has 17 nitrogen and oxygen atoms in total. The minimum absolute atomic E-state index is 0.00201. The zero-order chi connectivity index (χ0) is 78.9. The van der Waals surface area contributed by atoms with Crippen LogP contribution in [0.2, 0.25) is 0 Å². The Labute approximate surface area is 652 Å². The largest absolute Gasteiger partial charge is 0.472 e. The average Bonchev–Trinajstić information content (AvgIpc) is 0.900. The van der Waals surface area contributed by atoms with Gasteiger partial charge in [0.25, 0.3) is 0 Å². The number of aliphatic hydroxyl groups is 1. The van der Waals surface area contributed by atoms with E-state index in [1.807, 2.05) is 24.3 Å². The molecule has 0 rings (SSSR count). The molecule has 0 bridgehead atoms. The first-order valence-electron chi connectivity index (χ1n) is 40.3. The number of ether oxygens (including phenoxy) is 4. The van der Waals surface area contributed by atoms with Crippen LogP contribution in [0.25, 0.3) is 0 Å². The van der Waals surface area contributed by atoms with Crippen LogP contribution in [0.3, 0.4) is 0 Å². The molecule has 608 valence electrons. The van der Waals surface area contributed by atoms with E-state index in [0.717, 1.165) is 167 Å². The number of hydrogen-bond donors (Lipinski definition) is 3. The summed E-state index contributed by atoms with van der Waals surface area (Å²) in [7, 11) is -10.0. The molecule has 5 unspecified atom stereocenters. The van der Waals surface area contributed by atoms with Crippen molar-refractivity contribution in [3.05, 3.63) is 207 Å². The lowest BCUT2D eigenvalue weighted by atomic mass is 10.1. The Balaban J connectivity index is 5.54. The van der Waals surface area contributed by atoms with E-state index in [1.165, 1.54) is 19.3 Å². The molecule has 0 aromatic heterocycles. The van der Waals surface area contributed by atoms with Crippen LogP contribution >= 0.6 is 15.6 Å². The van der Waals surface area contributed by atoms with Crippen LogP contribution in [-0.4, -0.2) is 96.7 Å². The summed E-state index contributed by atoms with van der Waals surface area (Å²) in [5.74, 6) is -2.46. The number of rotatable bonds is 73. The molecule has 19 heteroatoms. The van der Waals surface area contributed by atoms with Crippen molar-refractivity contribution in [3.8, 4) is 0 Å². The summed E-state index contributed by atoms with van der Waals surface area (Å²) in [6.45, 7) is 4.25. The van der Waals surface area contributed by atoms with Crippen molar-refractivity contribution in [1.29, 1.82) is 0 Å². The second-order valence-electron chi connectivity index (χ2n) is 25.9. The van der Waals surface area contributed by atoms with E-state index in [0.29, 0.717) is 32.1 Å². The molecule has 5 atom stereocenters. The zero-order valence-corrected chi connectivity index (χ0v) is 68.2. The van der Waals surface area contributed by atoms with Crippen LogP contribution in [0.15, 0.2) is 207 Å². The van der Waals surface area contributed by atoms with E-state index in [4.69, 9.17) is 37.0 Å². The summed E-state index contributed by atoms with van der Waals surface area (Å²) in [6.07, 6.45) is 98.4. The monoisotopic (exact) mass is 1540 g/mol. The summed E-state index contributed by atoms with van der Waals surface area (Å²) in [5.41, 5.74) is 0. The van der Waals surface area contributed by atoms with Crippen molar-refractivity contribution in [2.24, 2.45) is 0 Å². The van der Waals surface area contributed by atoms with E-state index in [-0.39, 0.29) is 25.7 Å². The van der Waals surface area contributed by atoms with Gasteiger partial charge in [0.05, 0.1) is 32.8 Å².